The van der Waals surface area contributed by atoms with Crippen LogP contribution in [0.15, 0.2) is 62.9 Å². The largest absolute Gasteiger partial charge is 0.491 e. The molecular weight excluding hydrogens is 536 g/mol. The van der Waals surface area contributed by atoms with E-state index in [-0.39, 0.29) is 34.9 Å². The lowest BCUT2D eigenvalue weighted by molar-refractivity contribution is 0.0948. The van der Waals surface area contributed by atoms with E-state index in [9.17, 15) is 14.9 Å². The number of oxazole rings is 1. The van der Waals surface area contributed by atoms with Crippen LogP contribution < -0.4 is 15.6 Å². The fourth-order valence-electron chi connectivity index (χ4n) is 3.69. The van der Waals surface area contributed by atoms with E-state index in [1.165, 1.54) is 53.0 Å². The number of anilines is 1. The lowest BCUT2D eigenvalue weighted by Crippen LogP contribution is -2.22. The van der Waals surface area contributed by atoms with E-state index >= 15 is 0 Å². The van der Waals surface area contributed by atoms with Crippen LogP contribution in [0.2, 0.25) is 4.34 Å². The summed E-state index contributed by atoms with van der Waals surface area (Å²) in [7, 11) is 1.36. The Morgan fingerprint density at radius 3 is 2.84 bits per heavy atom. The number of thiophene rings is 2. The Kier molecular flexibility index (Phi) is 6.91. The molecule has 5 heterocycles. The molecule has 0 unspecified atom stereocenters. The molecule has 5 rings (SSSR count). The zero-order valence-electron chi connectivity index (χ0n) is 19.2. The van der Waals surface area contributed by atoms with Crippen LogP contribution in [0.25, 0.3) is 11.3 Å². The SMILES string of the molecule is COc1c(-c2nn(C(=O)c3ccsc3)c(NCc3ccc(Cl)s3)c2C#N)ccn(Cc2ncco2)c1=O. The molecule has 1 N–H and O–H groups in total. The summed E-state index contributed by atoms with van der Waals surface area (Å²) in [5.74, 6) is 0.0892. The molecule has 0 bridgehead atoms. The van der Waals surface area contributed by atoms with Crippen molar-refractivity contribution in [3.63, 3.8) is 0 Å². The van der Waals surface area contributed by atoms with Gasteiger partial charge in [-0.1, -0.05) is 11.6 Å². The Bertz CT molecular complexity index is 1660. The second-order valence-electron chi connectivity index (χ2n) is 7.59. The van der Waals surface area contributed by atoms with Crippen molar-refractivity contribution >= 4 is 46.0 Å². The number of methoxy groups -OCH3 is 1. The molecule has 5 aromatic heterocycles. The quantitative estimate of drug-likeness (QED) is 0.293. The monoisotopic (exact) mass is 552 g/mol. The summed E-state index contributed by atoms with van der Waals surface area (Å²) in [4.78, 5) is 31.5. The van der Waals surface area contributed by atoms with Crippen molar-refractivity contribution in [3.05, 3.63) is 90.3 Å². The molecule has 37 heavy (non-hydrogen) atoms. The second kappa shape index (κ2) is 10.4. The van der Waals surface area contributed by atoms with Gasteiger partial charge in [0.05, 0.1) is 35.3 Å². The number of nitrogens with zero attached hydrogens (tertiary/aromatic N) is 5. The van der Waals surface area contributed by atoms with Crippen molar-refractivity contribution in [2.24, 2.45) is 0 Å². The van der Waals surface area contributed by atoms with Gasteiger partial charge in [-0.15, -0.1) is 11.3 Å². The highest BCUT2D eigenvalue weighted by Gasteiger charge is 2.27. The maximum atomic E-state index is 13.3. The van der Waals surface area contributed by atoms with Crippen molar-refractivity contribution < 1.29 is 13.9 Å². The van der Waals surface area contributed by atoms with Crippen LogP contribution >= 0.6 is 34.3 Å². The number of carbonyl (C=O) groups is 1. The summed E-state index contributed by atoms with van der Waals surface area (Å²) >= 11 is 8.80. The molecule has 0 aliphatic heterocycles. The highest BCUT2D eigenvalue weighted by Crippen LogP contribution is 2.34. The van der Waals surface area contributed by atoms with Gasteiger partial charge in [-0.2, -0.15) is 26.4 Å². The molecule has 0 fully saturated rings. The maximum Gasteiger partial charge on any atom is 0.294 e. The number of carbonyl (C=O) groups excluding carboxylic acids is 1. The lowest BCUT2D eigenvalue weighted by Gasteiger charge is -2.10. The van der Waals surface area contributed by atoms with Crippen LogP contribution in [0, 0.1) is 11.3 Å². The van der Waals surface area contributed by atoms with Gasteiger partial charge < -0.3 is 19.0 Å². The number of aromatic nitrogens is 4. The molecule has 5 aromatic rings. The van der Waals surface area contributed by atoms with E-state index in [1.54, 1.807) is 29.0 Å². The molecule has 13 heteroatoms. The first-order valence-electron chi connectivity index (χ1n) is 10.7. The molecule has 10 nitrogen and oxygen atoms in total. The first-order valence-corrected chi connectivity index (χ1v) is 12.9. The molecule has 0 radical (unpaired) electrons. The number of ether oxygens (including phenoxy) is 1. The van der Waals surface area contributed by atoms with Gasteiger partial charge in [-0.25, -0.2) is 4.98 Å². The molecule has 0 atom stereocenters. The van der Waals surface area contributed by atoms with Crippen molar-refractivity contribution in [2.45, 2.75) is 13.1 Å². The molecule has 0 saturated carbocycles. The summed E-state index contributed by atoms with van der Waals surface area (Å²) < 4.78 is 13.8. The third-order valence-corrected chi connectivity index (χ3v) is 7.30. The standard InChI is InChI=1S/C24H17ClN6O4S2/c1-34-21-16(4-7-30(24(21)33)12-19-27-6-8-35-19)20-17(10-26)22(28-11-15-2-3-18(25)37-15)31(29-20)23(32)14-5-9-36-13-14/h2-9,13,28H,11-12H2,1H3. The van der Waals surface area contributed by atoms with Crippen molar-refractivity contribution in [1.82, 2.24) is 19.3 Å². The Morgan fingerprint density at radius 2 is 2.19 bits per heavy atom. The number of nitrogens with one attached hydrogen (secondary N) is 1. The Morgan fingerprint density at radius 1 is 1.32 bits per heavy atom. The summed E-state index contributed by atoms with van der Waals surface area (Å²) in [5.41, 5.74) is 0.443. The summed E-state index contributed by atoms with van der Waals surface area (Å²) in [6.07, 6.45) is 4.44. The van der Waals surface area contributed by atoms with Gasteiger partial charge in [0.25, 0.3) is 11.5 Å². The Labute approximate surface area is 222 Å². The average molecular weight is 553 g/mol. The third kappa shape index (κ3) is 4.79. The van der Waals surface area contributed by atoms with Crippen LogP contribution in [-0.2, 0) is 13.1 Å². The van der Waals surface area contributed by atoms with Gasteiger partial charge in [0, 0.05) is 16.5 Å². The first-order chi connectivity index (χ1) is 18.0. The number of halogens is 1. The topological polar surface area (TPSA) is 128 Å². The number of hydrogen-bond acceptors (Lipinski definition) is 10. The fraction of sp³-hybridized carbons (Fsp3) is 0.125. The maximum absolute atomic E-state index is 13.3. The van der Waals surface area contributed by atoms with Gasteiger partial charge in [-0.05, 0) is 29.6 Å². The van der Waals surface area contributed by atoms with Crippen LogP contribution in [0.5, 0.6) is 5.75 Å². The van der Waals surface area contributed by atoms with Gasteiger partial charge in [0.1, 0.15) is 30.1 Å². The Hall–Kier alpha value is -4.18. The first kappa shape index (κ1) is 24.5. The molecule has 0 aliphatic rings. The smallest absolute Gasteiger partial charge is 0.294 e. The van der Waals surface area contributed by atoms with Crippen LogP contribution in [-0.4, -0.2) is 32.3 Å². The highest BCUT2D eigenvalue weighted by molar-refractivity contribution is 7.16. The predicted molar refractivity (Wildman–Crippen MR) is 139 cm³/mol. The van der Waals surface area contributed by atoms with Gasteiger partial charge in [0.2, 0.25) is 5.89 Å². The summed E-state index contributed by atoms with van der Waals surface area (Å²) in [5, 5.41) is 21.2. The zero-order valence-corrected chi connectivity index (χ0v) is 21.6. The number of pyridine rings is 1. The predicted octanol–water partition coefficient (Wildman–Crippen LogP) is 4.71. The fourth-order valence-corrected chi connectivity index (χ4v) is 5.34. The molecule has 0 saturated heterocycles. The number of nitriles is 1. The normalized spacial score (nSPS) is 10.8. The van der Waals surface area contributed by atoms with Crippen molar-refractivity contribution in [3.8, 4) is 23.1 Å². The number of rotatable bonds is 8. The van der Waals surface area contributed by atoms with Crippen LogP contribution in [0.1, 0.15) is 26.7 Å². The minimum atomic E-state index is -0.469. The van der Waals surface area contributed by atoms with Crippen LogP contribution in [0.4, 0.5) is 5.82 Å². The highest BCUT2D eigenvalue weighted by atomic mass is 35.5. The summed E-state index contributed by atoms with van der Waals surface area (Å²) in [6.45, 7) is 0.401. The van der Waals surface area contributed by atoms with Crippen molar-refractivity contribution in [2.75, 3.05) is 12.4 Å². The van der Waals surface area contributed by atoms with E-state index in [2.05, 4.69) is 21.5 Å². The van der Waals surface area contributed by atoms with Crippen LogP contribution in [0.3, 0.4) is 0 Å². The average Bonchev–Trinajstić information content (AvgIpc) is 3.71. The van der Waals surface area contributed by atoms with E-state index in [4.69, 9.17) is 20.8 Å². The minimum absolute atomic E-state index is 0.0326. The lowest BCUT2D eigenvalue weighted by atomic mass is 10.1. The molecule has 0 aliphatic carbocycles. The molecule has 0 amide bonds. The minimum Gasteiger partial charge on any atom is -0.491 e. The van der Waals surface area contributed by atoms with Gasteiger partial charge in [-0.3, -0.25) is 9.59 Å². The van der Waals surface area contributed by atoms with Gasteiger partial charge in [0.15, 0.2) is 11.6 Å². The molecule has 0 aromatic carbocycles. The molecular formula is C24H17ClN6O4S2. The van der Waals surface area contributed by atoms with E-state index in [0.29, 0.717) is 22.3 Å². The van der Waals surface area contributed by atoms with E-state index in [1.807, 2.05) is 6.07 Å². The van der Waals surface area contributed by atoms with E-state index < -0.39 is 11.5 Å². The Balaban J connectivity index is 1.62. The van der Waals surface area contributed by atoms with E-state index in [0.717, 1.165) is 9.56 Å². The molecule has 0 spiro atoms. The van der Waals surface area contributed by atoms with Crippen molar-refractivity contribution in [1.29, 1.82) is 5.26 Å². The number of hydrogen-bond donors (Lipinski definition) is 1. The third-order valence-electron chi connectivity index (χ3n) is 5.39. The second-order valence-corrected chi connectivity index (χ2v) is 10.2. The summed E-state index contributed by atoms with van der Waals surface area (Å²) in [6, 6.07) is 9.04. The zero-order chi connectivity index (χ0) is 25.9. The van der Waals surface area contributed by atoms with Gasteiger partial charge >= 0.3 is 0 Å². The molecule has 186 valence electrons.